The smallest absolute Gasteiger partial charge is 0.263 e. The van der Waals surface area contributed by atoms with E-state index in [1.165, 1.54) is 9.80 Å². The van der Waals surface area contributed by atoms with E-state index in [1.54, 1.807) is 107 Å². The van der Waals surface area contributed by atoms with Crippen molar-refractivity contribution in [2.24, 2.45) is 14.1 Å². The van der Waals surface area contributed by atoms with Gasteiger partial charge in [0.2, 0.25) is 11.6 Å². The SMILES string of the molecule is C[n+]1ccc(C(=O)N2/C(=C3\C(=O)c4ccccc4N3C(=O)c3cc[n+](C)cc3)C(=O)c3ccccc32)cc1. The fraction of sp³-hybridized carbons (Fsp3) is 0.0667. The molecule has 2 aliphatic rings. The molecule has 2 amide bonds. The molecule has 0 atom stereocenters. The molecule has 0 unspecified atom stereocenters. The fourth-order valence-corrected chi connectivity index (χ4v) is 4.81. The summed E-state index contributed by atoms with van der Waals surface area (Å²) in [6, 6.07) is 20.0. The van der Waals surface area contributed by atoms with Crippen molar-refractivity contribution in [1.29, 1.82) is 0 Å². The second-order valence-electron chi connectivity index (χ2n) is 9.18. The zero-order valence-electron chi connectivity index (χ0n) is 20.7. The van der Waals surface area contributed by atoms with E-state index < -0.39 is 23.4 Å². The first-order valence-corrected chi connectivity index (χ1v) is 12.0. The van der Waals surface area contributed by atoms with Crippen LogP contribution in [0.3, 0.4) is 0 Å². The van der Waals surface area contributed by atoms with Crippen LogP contribution in [0.5, 0.6) is 0 Å². The van der Waals surface area contributed by atoms with Gasteiger partial charge in [0.25, 0.3) is 11.8 Å². The van der Waals surface area contributed by atoms with Crippen LogP contribution in [0, 0.1) is 0 Å². The molecule has 0 fully saturated rings. The zero-order chi connectivity index (χ0) is 26.6. The number of para-hydroxylation sites is 2. The van der Waals surface area contributed by atoms with Crippen LogP contribution in [0.2, 0.25) is 0 Å². The van der Waals surface area contributed by atoms with E-state index in [0.29, 0.717) is 22.5 Å². The van der Waals surface area contributed by atoms with Crippen LogP contribution in [-0.2, 0) is 14.1 Å². The number of amides is 2. The number of aryl methyl sites for hydroxylation is 2. The van der Waals surface area contributed by atoms with Crippen LogP contribution in [-0.4, -0.2) is 23.4 Å². The first-order chi connectivity index (χ1) is 18.4. The number of fused-ring (bicyclic) bond motifs is 2. The molecule has 0 bridgehead atoms. The maximum absolute atomic E-state index is 13.9. The number of allylic oxidation sites excluding steroid dienone is 2. The molecule has 38 heavy (non-hydrogen) atoms. The molecular weight excluding hydrogens is 480 g/mol. The van der Waals surface area contributed by atoms with Crippen molar-refractivity contribution < 1.29 is 28.3 Å². The van der Waals surface area contributed by atoms with Crippen LogP contribution in [0.15, 0.2) is 109 Å². The Hall–Kier alpha value is -5.24. The van der Waals surface area contributed by atoms with E-state index in [9.17, 15) is 19.2 Å². The van der Waals surface area contributed by atoms with Gasteiger partial charge >= 0.3 is 0 Å². The van der Waals surface area contributed by atoms with E-state index in [-0.39, 0.29) is 22.5 Å². The third-order valence-electron chi connectivity index (χ3n) is 6.74. The van der Waals surface area contributed by atoms with Gasteiger partial charge in [-0.2, -0.15) is 0 Å². The van der Waals surface area contributed by atoms with Crippen LogP contribution in [0.4, 0.5) is 11.4 Å². The molecule has 2 aromatic heterocycles. The quantitative estimate of drug-likeness (QED) is 0.312. The average molecular weight is 503 g/mol. The second-order valence-corrected chi connectivity index (χ2v) is 9.18. The number of hydrogen-bond acceptors (Lipinski definition) is 4. The molecule has 8 nitrogen and oxygen atoms in total. The van der Waals surface area contributed by atoms with E-state index in [0.717, 1.165) is 0 Å². The van der Waals surface area contributed by atoms with E-state index >= 15 is 0 Å². The van der Waals surface area contributed by atoms with Crippen molar-refractivity contribution in [1.82, 2.24) is 0 Å². The van der Waals surface area contributed by atoms with Gasteiger partial charge in [0, 0.05) is 35.4 Å². The molecule has 0 saturated carbocycles. The Morgan fingerprint density at radius 2 is 0.895 bits per heavy atom. The maximum Gasteiger partial charge on any atom is 0.263 e. The van der Waals surface area contributed by atoms with Gasteiger partial charge in [0.15, 0.2) is 24.8 Å². The Bertz CT molecular complexity index is 1580. The summed E-state index contributed by atoms with van der Waals surface area (Å²) in [5.41, 5.74) is 1.69. The summed E-state index contributed by atoms with van der Waals surface area (Å²) in [5.74, 6) is -1.95. The van der Waals surface area contributed by atoms with Crippen LogP contribution in [0.1, 0.15) is 41.4 Å². The summed E-state index contributed by atoms with van der Waals surface area (Å²) < 4.78 is 3.58. The minimum Gasteiger partial charge on any atom is -0.287 e. The highest BCUT2D eigenvalue weighted by molar-refractivity contribution is 6.35. The molecule has 0 spiro atoms. The molecule has 6 rings (SSSR count). The summed E-state index contributed by atoms with van der Waals surface area (Å²) in [6.07, 6.45) is 6.91. The number of aromatic nitrogens is 2. The fourth-order valence-electron chi connectivity index (χ4n) is 4.81. The normalized spacial score (nSPS) is 16.1. The number of benzene rings is 2. The number of hydrogen-bond donors (Lipinski definition) is 0. The molecule has 0 N–H and O–H groups in total. The van der Waals surface area contributed by atoms with Crippen LogP contribution >= 0.6 is 0 Å². The van der Waals surface area contributed by atoms with Gasteiger partial charge in [0.1, 0.15) is 25.5 Å². The Morgan fingerprint density at radius 3 is 1.26 bits per heavy atom. The molecule has 2 aliphatic heterocycles. The Labute approximate surface area is 218 Å². The molecule has 0 aliphatic carbocycles. The molecular formula is C30H22N4O4+2. The predicted molar refractivity (Wildman–Crippen MR) is 137 cm³/mol. The number of pyridine rings is 2. The lowest BCUT2D eigenvalue weighted by atomic mass is 10.1. The molecule has 4 aromatic rings. The molecule has 0 saturated heterocycles. The van der Waals surface area contributed by atoms with Gasteiger partial charge in [-0.25, -0.2) is 9.13 Å². The predicted octanol–water partition coefficient (Wildman–Crippen LogP) is 2.93. The highest BCUT2D eigenvalue weighted by Gasteiger charge is 2.47. The van der Waals surface area contributed by atoms with Gasteiger partial charge in [-0.1, -0.05) is 24.3 Å². The average Bonchev–Trinajstić information content (AvgIpc) is 3.39. The Morgan fingerprint density at radius 1 is 0.553 bits per heavy atom. The topological polar surface area (TPSA) is 82.5 Å². The maximum atomic E-state index is 13.9. The van der Waals surface area contributed by atoms with E-state index in [2.05, 4.69) is 0 Å². The molecule has 4 heterocycles. The lowest BCUT2D eigenvalue weighted by molar-refractivity contribution is -0.671. The first-order valence-electron chi connectivity index (χ1n) is 12.0. The van der Waals surface area contributed by atoms with Crippen molar-refractivity contribution >= 4 is 34.8 Å². The van der Waals surface area contributed by atoms with E-state index in [1.807, 2.05) is 14.1 Å². The second kappa shape index (κ2) is 8.70. The summed E-state index contributed by atoms with van der Waals surface area (Å²) in [5, 5.41) is 0. The first kappa shape index (κ1) is 23.2. The number of carbonyl (C=O) groups excluding carboxylic acids is 4. The van der Waals surface area contributed by atoms with Crippen molar-refractivity contribution in [3.63, 3.8) is 0 Å². The van der Waals surface area contributed by atoms with Crippen molar-refractivity contribution in [2.45, 2.75) is 0 Å². The summed E-state index contributed by atoms with van der Waals surface area (Å²) in [4.78, 5) is 58.1. The van der Waals surface area contributed by atoms with Gasteiger partial charge in [-0.05, 0) is 24.3 Å². The summed E-state index contributed by atoms with van der Waals surface area (Å²) in [6.45, 7) is 0. The lowest BCUT2D eigenvalue weighted by Gasteiger charge is -2.24. The number of nitrogens with zero attached hydrogens (tertiary/aromatic N) is 4. The zero-order valence-corrected chi connectivity index (χ0v) is 20.7. The molecule has 0 radical (unpaired) electrons. The number of ketones is 2. The molecule has 2 aromatic carbocycles. The Kier molecular flexibility index (Phi) is 5.31. The standard InChI is InChI=1S/C30H22N4O4/c1-31-15-11-19(12-16-31)29(37)33-23-9-5-3-7-21(23)27(35)25(33)26-28(36)22-8-4-6-10-24(22)34(26)30(38)20-13-17-32(2)18-14-20/h3-18H,1-2H3/q+2/b26-25+. The van der Waals surface area contributed by atoms with Crippen LogP contribution < -0.4 is 18.9 Å². The van der Waals surface area contributed by atoms with Gasteiger partial charge < -0.3 is 0 Å². The van der Waals surface area contributed by atoms with Crippen molar-refractivity contribution in [3.05, 3.63) is 131 Å². The van der Waals surface area contributed by atoms with Gasteiger partial charge in [-0.3, -0.25) is 29.0 Å². The monoisotopic (exact) mass is 502 g/mol. The lowest BCUT2D eigenvalue weighted by Crippen LogP contribution is -2.37. The third kappa shape index (κ3) is 3.46. The number of anilines is 2. The van der Waals surface area contributed by atoms with Gasteiger partial charge in [-0.15, -0.1) is 0 Å². The van der Waals surface area contributed by atoms with Crippen molar-refractivity contribution in [2.75, 3.05) is 9.80 Å². The highest BCUT2D eigenvalue weighted by Crippen LogP contribution is 2.43. The van der Waals surface area contributed by atoms with E-state index in [4.69, 9.17) is 0 Å². The van der Waals surface area contributed by atoms with Crippen LogP contribution in [0.25, 0.3) is 0 Å². The summed E-state index contributed by atoms with van der Waals surface area (Å²) in [7, 11) is 3.66. The van der Waals surface area contributed by atoms with Crippen molar-refractivity contribution in [3.8, 4) is 0 Å². The summed E-state index contributed by atoms with van der Waals surface area (Å²) >= 11 is 0. The highest BCUT2D eigenvalue weighted by atomic mass is 16.2. The molecule has 8 heteroatoms. The van der Waals surface area contributed by atoms with Gasteiger partial charge in [0.05, 0.1) is 22.5 Å². The number of Topliss-reactive ketones (excluding diaryl/α,β-unsaturated/α-hetero) is 2. The third-order valence-corrected chi connectivity index (χ3v) is 6.74. The largest absolute Gasteiger partial charge is 0.287 e. The minimum atomic E-state index is -0.496. The Balaban J connectivity index is 1.61. The number of rotatable bonds is 2. The number of carbonyl (C=O) groups is 4. The minimum absolute atomic E-state index is 0.138. The molecule has 184 valence electrons.